The van der Waals surface area contributed by atoms with Gasteiger partial charge in [0.05, 0.1) is 30.1 Å². The first kappa shape index (κ1) is 39.3. The lowest BCUT2D eigenvalue weighted by atomic mass is 9.71. The lowest BCUT2D eigenvalue weighted by Crippen LogP contribution is -2.39. The fourth-order valence-electron chi connectivity index (χ4n) is 6.46. The number of pyridine rings is 2. The Labute approximate surface area is 297 Å². The standard InChI is InChI=1S/C20H19NO.C19H29F3N4O3/c1-14-4-3-5-15(2)19(14)16-7-9-21-17(10-16)6-8-20-11-18(12-20)22-13-20;1-12(2)9-15(18(29)24-7-5-17(27)28)26-11-13(6-8-25(3)4)14(10-16(26)23)19(20,21)22/h3-5,7,9-10,18H,11-13H2,1-2H3;10-12,15,23H,5-9H2,1-4H3,(H,24,29)(H,27,28). The topological polar surface area (TPSA) is 121 Å². The van der Waals surface area contributed by atoms with E-state index in [1.54, 1.807) is 19.0 Å². The molecule has 3 N–H and O–H groups in total. The van der Waals surface area contributed by atoms with Crippen LogP contribution in [0.1, 0.15) is 73.5 Å². The molecule has 12 heteroatoms. The number of aliphatic carboxylic acids is 1. The summed E-state index contributed by atoms with van der Waals surface area (Å²) in [4.78, 5) is 29.5. The third-order valence-electron chi connectivity index (χ3n) is 9.12. The van der Waals surface area contributed by atoms with E-state index in [1.165, 1.54) is 33.0 Å². The van der Waals surface area contributed by atoms with Crippen LogP contribution in [-0.2, 0) is 26.9 Å². The number of aromatic nitrogens is 2. The van der Waals surface area contributed by atoms with E-state index in [9.17, 15) is 22.8 Å². The van der Waals surface area contributed by atoms with Crippen LogP contribution in [-0.4, -0.2) is 71.3 Å². The second-order valence-corrected chi connectivity index (χ2v) is 14.2. The molecule has 3 aliphatic rings. The van der Waals surface area contributed by atoms with Crippen molar-refractivity contribution < 1.29 is 32.6 Å². The van der Waals surface area contributed by atoms with E-state index in [4.69, 9.17) is 15.3 Å². The molecular weight excluding hydrogens is 659 g/mol. The van der Waals surface area contributed by atoms with Gasteiger partial charge in [-0.2, -0.15) is 13.2 Å². The van der Waals surface area contributed by atoms with Gasteiger partial charge in [-0.1, -0.05) is 38.0 Å². The van der Waals surface area contributed by atoms with E-state index in [1.807, 2.05) is 20.0 Å². The summed E-state index contributed by atoms with van der Waals surface area (Å²) in [5.74, 6) is 5.13. The largest absolute Gasteiger partial charge is 0.481 e. The predicted octanol–water partition coefficient (Wildman–Crippen LogP) is 6.16. The number of nitrogens with one attached hydrogen (secondary N) is 2. The van der Waals surface area contributed by atoms with Crippen molar-refractivity contribution in [2.45, 2.75) is 78.1 Å². The SMILES string of the molecule is CC(C)CC(C(=O)NCCC(=O)O)n1cc(CCN(C)C)c(C(F)(F)F)cc1=N.Cc1cccc(C)c1-c1ccnc(C#CC23COC(C2)C3)c1. The number of alkyl halides is 3. The lowest BCUT2D eigenvalue weighted by molar-refractivity contribution is -0.138. The Morgan fingerprint density at radius 2 is 1.86 bits per heavy atom. The van der Waals surface area contributed by atoms with Crippen LogP contribution in [0.4, 0.5) is 13.2 Å². The Balaban J connectivity index is 0.000000235. The number of benzene rings is 1. The number of carboxylic acids is 1. The zero-order valence-corrected chi connectivity index (χ0v) is 30.2. The summed E-state index contributed by atoms with van der Waals surface area (Å²) in [5.41, 5.74) is 4.73. The van der Waals surface area contributed by atoms with E-state index in [-0.39, 0.29) is 36.3 Å². The fourth-order valence-corrected chi connectivity index (χ4v) is 6.46. The van der Waals surface area contributed by atoms with Crippen molar-refractivity contribution in [3.8, 4) is 23.0 Å². The predicted molar refractivity (Wildman–Crippen MR) is 189 cm³/mol. The normalized spacial score (nSPS) is 18.3. The molecule has 1 amide bonds. The van der Waals surface area contributed by atoms with Crippen molar-refractivity contribution in [1.29, 1.82) is 5.41 Å². The van der Waals surface area contributed by atoms with Gasteiger partial charge in [-0.15, -0.1) is 0 Å². The monoisotopic (exact) mass is 707 g/mol. The summed E-state index contributed by atoms with van der Waals surface area (Å²) < 4.78 is 47.2. The highest BCUT2D eigenvalue weighted by molar-refractivity contribution is 5.81. The number of likely N-dealkylation sites (N-methyl/N-ethyl adjacent to an activating group) is 1. The number of hydrogen-bond donors (Lipinski definition) is 3. The molecule has 4 heterocycles. The summed E-state index contributed by atoms with van der Waals surface area (Å²) in [6.45, 7) is 9.10. The van der Waals surface area contributed by atoms with Gasteiger partial charge in [0.15, 0.2) is 0 Å². The maximum Gasteiger partial charge on any atom is 0.416 e. The molecule has 274 valence electrons. The molecule has 2 aromatic heterocycles. The highest BCUT2D eigenvalue weighted by Crippen LogP contribution is 2.49. The van der Waals surface area contributed by atoms with Gasteiger partial charge in [-0.3, -0.25) is 15.0 Å². The summed E-state index contributed by atoms with van der Waals surface area (Å²) >= 11 is 0. The van der Waals surface area contributed by atoms with Crippen molar-refractivity contribution in [2.24, 2.45) is 11.3 Å². The molecule has 1 unspecified atom stereocenters. The second-order valence-electron chi connectivity index (χ2n) is 14.2. The quantitative estimate of drug-likeness (QED) is 0.205. The number of rotatable bonds is 11. The third-order valence-corrected chi connectivity index (χ3v) is 9.12. The number of aryl methyl sites for hydroxylation is 2. The zero-order chi connectivity index (χ0) is 37.5. The minimum absolute atomic E-state index is 0.00860. The van der Waals surface area contributed by atoms with Crippen LogP contribution in [0.2, 0.25) is 0 Å². The highest BCUT2D eigenvalue weighted by Gasteiger charge is 2.51. The molecule has 0 radical (unpaired) electrons. The average Bonchev–Trinajstić information content (AvgIpc) is 3.64. The van der Waals surface area contributed by atoms with E-state index in [2.05, 4.69) is 66.3 Å². The van der Waals surface area contributed by atoms with Gasteiger partial charge in [-0.05, 0) is 111 Å². The van der Waals surface area contributed by atoms with Gasteiger partial charge in [-0.25, -0.2) is 4.98 Å². The van der Waals surface area contributed by atoms with Crippen molar-refractivity contribution in [2.75, 3.05) is 33.8 Å². The van der Waals surface area contributed by atoms with Crippen LogP contribution >= 0.6 is 0 Å². The van der Waals surface area contributed by atoms with Crippen molar-refractivity contribution in [1.82, 2.24) is 19.8 Å². The molecule has 9 nitrogen and oxygen atoms in total. The summed E-state index contributed by atoms with van der Waals surface area (Å²) in [6, 6.07) is 10.4. The van der Waals surface area contributed by atoms with Gasteiger partial charge in [0.1, 0.15) is 17.2 Å². The van der Waals surface area contributed by atoms with Crippen molar-refractivity contribution in [3.05, 3.63) is 82.2 Å². The van der Waals surface area contributed by atoms with Gasteiger partial charge < -0.3 is 24.6 Å². The maximum absolute atomic E-state index is 13.5. The Morgan fingerprint density at radius 3 is 2.43 bits per heavy atom. The summed E-state index contributed by atoms with van der Waals surface area (Å²) in [7, 11) is 3.50. The number of ether oxygens (including phenoxy) is 1. The van der Waals surface area contributed by atoms with Gasteiger partial charge in [0, 0.05) is 25.5 Å². The number of amides is 1. The number of carbonyl (C=O) groups excluding carboxylic acids is 1. The number of fused-ring (bicyclic) bond motifs is 1. The lowest BCUT2D eigenvalue weighted by Gasteiger charge is -2.29. The smallest absolute Gasteiger partial charge is 0.416 e. The van der Waals surface area contributed by atoms with Crippen molar-refractivity contribution >= 4 is 11.9 Å². The molecule has 1 saturated carbocycles. The minimum Gasteiger partial charge on any atom is -0.481 e. The third kappa shape index (κ3) is 10.5. The molecule has 1 aliphatic carbocycles. The first-order chi connectivity index (χ1) is 24.0. The van der Waals surface area contributed by atoms with Crippen LogP contribution in [0, 0.1) is 42.4 Å². The summed E-state index contributed by atoms with van der Waals surface area (Å²) in [6.07, 6.45) is 1.28. The van der Waals surface area contributed by atoms with Crippen LogP contribution < -0.4 is 10.8 Å². The first-order valence-electron chi connectivity index (χ1n) is 17.2. The molecule has 1 atom stereocenters. The molecular formula is C39H48F3N5O4. The Bertz CT molecular complexity index is 1810. The Hall–Kier alpha value is -4.47. The molecule has 1 aromatic carbocycles. The van der Waals surface area contributed by atoms with Crippen LogP contribution in [0.25, 0.3) is 11.1 Å². The van der Waals surface area contributed by atoms with Gasteiger partial charge in [0.25, 0.3) is 0 Å². The number of hydrogen-bond acceptors (Lipinski definition) is 6. The first-order valence-corrected chi connectivity index (χ1v) is 17.2. The zero-order valence-electron chi connectivity index (χ0n) is 30.2. The van der Waals surface area contributed by atoms with Crippen LogP contribution in [0.15, 0.2) is 48.8 Å². The molecule has 2 bridgehead atoms. The van der Waals surface area contributed by atoms with E-state index >= 15 is 0 Å². The fraction of sp³-hybridized carbons (Fsp3) is 0.487. The van der Waals surface area contributed by atoms with Gasteiger partial charge in [0.2, 0.25) is 5.91 Å². The van der Waals surface area contributed by atoms with E-state index < -0.39 is 35.1 Å². The highest BCUT2D eigenvalue weighted by atomic mass is 19.4. The Kier molecular flexibility index (Phi) is 12.9. The van der Waals surface area contributed by atoms with Crippen molar-refractivity contribution in [3.63, 3.8) is 0 Å². The van der Waals surface area contributed by atoms with Gasteiger partial charge >= 0.3 is 12.1 Å². The molecule has 2 saturated heterocycles. The minimum atomic E-state index is -4.60. The van der Waals surface area contributed by atoms with Crippen LogP contribution in [0.3, 0.4) is 0 Å². The molecule has 3 fully saturated rings. The number of nitrogens with zero attached hydrogens (tertiary/aromatic N) is 3. The number of halogens is 3. The van der Waals surface area contributed by atoms with Crippen LogP contribution in [0.5, 0.6) is 0 Å². The van der Waals surface area contributed by atoms with E-state index in [0.29, 0.717) is 19.1 Å². The molecule has 51 heavy (non-hydrogen) atoms. The average molecular weight is 708 g/mol. The molecule has 2 aliphatic heterocycles. The second kappa shape index (κ2) is 16.7. The number of carboxylic acid groups (broad SMARTS) is 1. The Morgan fingerprint density at radius 1 is 1.18 bits per heavy atom. The maximum atomic E-state index is 13.5. The molecule has 6 rings (SSSR count). The molecule has 3 aromatic rings. The summed E-state index contributed by atoms with van der Waals surface area (Å²) in [5, 5.41) is 19.3. The number of carbonyl (C=O) groups is 2. The van der Waals surface area contributed by atoms with E-state index in [0.717, 1.165) is 31.2 Å². The molecule has 0 spiro atoms.